The molecule has 1 aromatic heterocycles. The van der Waals surface area contributed by atoms with Gasteiger partial charge in [-0.15, -0.1) is 0 Å². The van der Waals surface area contributed by atoms with Crippen molar-refractivity contribution < 1.29 is 0 Å². The molecule has 0 atom stereocenters. The molecule has 2 N–H and O–H groups in total. The van der Waals surface area contributed by atoms with E-state index in [0.717, 1.165) is 42.8 Å². The number of hydrogen-bond acceptors (Lipinski definition) is 4. The number of thioether (sulfide) groups is 1. The molecule has 1 aliphatic rings. The Bertz CT molecular complexity index is 411. The molecule has 1 aliphatic heterocycles. The third kappa shape index (κ3) is 2.68. The zero-order chi connectivity index (χ0) is 13.2. The zero-order valence-electron chi connectivity index (χ0n) is 10.9. The van der Waals surface area contributed by atoms with Gasteiger partial charge < -0.3 is 10.6 Å². The highest BCUT2D eigenvalue weighted by molar-refractivity contribution is 9.10. The van der Waals surface area contributed by atoms with Gasteiger partial charge in [0.2, 0.25) is 0 Å². The fourth-order valence-electron chi connectivity index (χ4n) is 2.36. The predicted molar refractivity (Wildman–Crippen MR) is 83.4 cm³/mol. The van der Waals surface area contributed by atoms with Gasteiger partial charge in [-0.05, 0) is 53.6 Å². The van der Waals surface area contributed by atoms with E-state index in [9.17, 15) is 0 Å². The summed E-state index contributed by atoms with van der Waals surface area (Å²) in [4.78, 5) is 6.87. The first-order valence-electron chi connectivity index (χ1n) is 6.23. The first-order valence-corrected chi connectivity index (χ1v) is 8.25. The van der Waals surface area contributed by atoms with Gasteiger partial charge in [-0.1, -0.05) is 0 Å². The Kier molecular flexibility index (Phi) is 4.56. The van der Waals surface area contributed by atoms with Crippen LogP contribution in [-0.4, -0.2) is 35.6 Å². The molecule has 1 saturated heterocycles. The Morgan fingerprint density at radius 2 is 2.17 bits per heavy atom. The van der Waals surface area contributed by atoms with Crippen molar-refractivity contribution in [1.82, 2.24) is 4.98 Å². The van der Waals surface area contributed by atoms with E-state index in [2.05, 4.69) is 39.0 Å². The van der Waals surface area contributed by atoms with Crippen LogP contribution in [0.4, 0.5) is 5.82 Å². The molecule has 0 spiro atoms. The van der Waals surface area contributed by atoms with E-state index in [1.807, 2.05) is 24.0 Å². The highest BCUT2D eigenvalue weighted by atomic mass is 79.9. The van der Waals surface area contributed by atoms with Gasteiger partial charge in [0.1, 0.15) is 5.82 Å². The number of nitrogens with two attached hydrogens (primary N) is 1. The van der Waals surface area contributed by atoms with Crippen LogP contribution >= 0.6 is 27.7 Å². The van der Waals surface area contributed by atoms with Gasteiger partial charge in [-0.25, -0.2) is 4.98 Å². The second kappa shape index (κ2) is 5.80. The predicted octanol–water partition coefficient (Wildman–Crippen LogP) is 2.81. The zero-order valence-corrected chi connectivity index (χ0v) is 13.4. The number of pyridine rings is 1. The minimum atomic E-state index is 0.271. The number of rotatable bonds is 3. The van der Waals surface area contributed by atoms with E-state index in [1.165, 1.54) is 5.56 Å². The van der Waals surface area contributed by atoms with Crippen LogP contribution in [0, 0.1) is 6.92 Å². The first kappa shape index (κ1) is 14.2. The lowest BCUT2D eigenvalue weighted by molar-refractivity contribution is 0.455. The van der Waals surface area contributed by atoms with Gasteiger partial charge in [0.05, 0.1) is 4.47 Å². The van der Waals surface area contributed by atoms with E-state index >= 15 is 0 Å². The molecule has 2 rings (SSSR count). The molecule has 2 heterocycles. The normalized spacial score (nSPS) is 19.0. The molecule has 0 bridgehead atoms. The third-order valence-corrected chi connectivity index (χ3v) is 6.26. The van der Waals surface area contributed by atoms with E-state index in [4.69, 9.17) is 5.73 Å². The molecule has 0 amide bonds. The second-order valence-corrected chi connectivity index (χ2v) is 6.91. The number of aromatic nitrogens is 1. The number of aryl methyl sites for hydroxylation is 1. The van der Waals surface area contributed by atoms with Crippen molar-refractivity contribution in [2.75, 3.05) is 30.8 Å². The Labute approximate surface area is 122 Å². The van der Waals surface area contributed by atoms with Gasteiger partial charge in [0, 0.05) is 30.6 Å². The standard InChI is InChI=1S/C13H20BrN3S/c1-10-3-6-16-12(11(10)14)17-7-4-13(9-15,18-2)5-8-17/h3,6H,4-5,7-9,15H2,1-2H3. The summed E-state index contributed by atoms with van der Waals surface area (Å²) < 4.78 is 1.39. The Hall–Kier alpha value is -0.260. The monoisotopic (exact) mass is 329 g/mol. The van der Waals surface area contributed by atoms with Crippen molar-refractivity contribution in [3.63, 3.8) is 0 Å². The summed E-state index contributed by atoms with van der Waals surface area (Å²) >= 11 is 5.56. The average molecular weight is 330 g/mol. The van der Waals surface area contributed by atoms with Crippen LogP contribution in [0.5, 0.6) is 0 Å². The second-order valence-electron chi connectivity index (χ2n) is 4.84. The fourth-order valence-corrected chi connectivity index (χ4v) is 3.61. The van der Waals surface area contributed by atoms with E-state index in [0.29, 0.717) is 0 Å². The number of halogens is 1. The molecule has 0 aromatic carbocycles. The molecule has 100 valence electrons. The van der Waals surface area contributed by atoms with Gasteiger partial charge in [-0.2, -0.15) is 11.8 Å². The molecule has 1 aromatic rings. The maximum atomic E-state index is 5.92. The minimum Gasteiger partial charge on any atom is -0.356 e. The molecule has 0 radical (unpaired) electrons. The lowest BCUT2D eigenvalue weighted by Crippen LogP contribution is -2.46. The molecule has 5 heteroatoms. The summed E-state index contributed by atoms with van der Waals surface area (Å²) in [6, 6.07) is 2.03. The van der Waals surface area contributed by atoms with Crippen molar-refractivity contribution in [3.8, 4) is 0 Å². The molecule has 0 aliphatic carbocycles. The lowest BCUT2D eigenvalue weighted by atomic mass is 9.96. The quantitative estimate of drug-likeness (QED) is 0.925. The Morgan fingerprint density at radius 1 is 1.50 bits per heavy atom. The summed E-state index contributed by atoms with van der Waals surface area (Å²) in [5, 5.41) is 0. The number of anilines is 1. The van der Waals surface area contributed by atoms with Crippen LogP contribution in [0.1, 0.15) is 18.4 Å². The summed E-state index contributed by atoms with van der Waals surface area (Å²) in [7, 11) is 0. The van der Waals surface area contributed by atoms with Crippen molar-refractivity contribution in [3.05, 3.63) is 22.3 Å². The van der Waals surface area contributed by atoms with E-state index in [1.54, 1.807) is 0 Å². The number of piperidine rings is 1. The van der Waals surface area contributed by atoms with Gasteiger partial charge >= 0.3 is 0 Å². The molecule has 3 nitrogen and oxygen atoms in total. The van der Waals surface area contributed by atoms with Crippen molar-refractivity contribution in [2.24, 2.45) is 5.73 Å². The topological polar surface area (TPSA) is 42.1 Å². The summed E-state index contributed by atoms with van der Waals surface area (Å²) in [6.07, 6.45) is 6.32. The number of nitrogens with zero attached hydrogens (tertiary/aromatic N) is 2. The van der Waals surface area contributed by atoms with Crippen LogP contribution in [-0.2, 0) is 0 Å². The summed E-state index contributed by atoms with van der Waals surface area (Å²) in [5.41, 5.74) is 7.16. The van der Waals surface area contributed by atoms with Crippen molar-refractivity contribution >= 4 is 33.5 Å². The van der Waals surface area contributed by atoms with Gasteiger partial charge in [0.25, 0.3) is 0 Å². The molecular weight excluding hydrogens is 310 g/mol. The fraction of sp³-hybridized carbons (Fsp3) is 0.615. The molecular formula is C13H20BrN3S. The van der Waals surface area contributed by atoms with Crippen molar-refractivity contribution in [1.29, 1.82) is 0 Å². The maximum absolute atomic E-state index is 5.92. The highest BCUT2D eigenvalue weighted by Gasteiger charge is 2.33. The largest absolute Gasteiger partial charge is 0.356 e. The SMILES string of the molecule is CSC1(CN)CCN(c2nccc(C)c2Br)CC1. The van der Waals surface area contributed by atoms with Gasteiger partial charge in [-0.3, -0.25) is 0 Å². The molecule has 0 saturated carbocycles. The van der Waals surface area contributed by atoms with Crippen LogP contribution in [0.3, 0.4) is 0 Å². The molecule has 0 unspecified atom stereocenters. The Balaban J connectivity index is 2.12. The van der Waals surface area contributed by atoms with Crippen LogP contribution in [0.15, 0.2) is 16.7 Å². The number of hydrogen-bond donors (Lipinski definition) is 1. The van der Waals surface area contributed by atoms with E-state index in [-0.39, 0.29) is 4.75 Å². The average Bonchev–Trinajstić information content (AvgIpc) is 2.42. The van der Waals surface area contributed by atoms with Crippen molar-refractivity contribution in [2.45, 2.75) is 24.5 Å². The highest BCUT2D eigenvalue weighted by Crippen LogP contribution is 2.36. The Morgan fingerprint density at radius 3 is 2.72 bits per heavy atom. The third-order valence-electron chi connectivity index (χ3n) is 3.84. The van der Waals surface area contributed by atoms with Crippen LogP contribution < -0.4 is 10.6 Å². The van der Waals surface area contributed by atoms with E-state index < -0.39 is 0 Å². The van der Waals surface area contributed by atoms with Gasteiger partial charge in [0.15, 0.2) is 0 Å². The molecule has 1 fully saturated rings. The first-order chi connectivity index (χ1) is 8.62. The van der Waals surface area contributed by atoms with Crippen LogP contribution in [0.2, 0.25) is 0 Å². The summed E-state index contributed by atoms with van der Waals surface area (Å²) in [6.45, 7) is 4.94. The minimum absolute atomic E-state index is 0.271. The van der Waals surface area contributed by atoms with Crippen LogP contribution in [0.25, 0.3) is 0 Å². The summed E-state index contributed by atoms with van der Waals surface area (Å²) in [5.74, 6) is 1.07. The molecule has 18 heavy (non-hydrogen) atoms. The lowest BCUT2D eigenvalue weighted by Gasteiger charge is -2.40. The maximum Gasteiger partial charge on any atom is 0.143 e. The smallest absolute Gasteiger partial charge is 0.143 e.